The first-order valence-corrected chi connectivity index (χ1v) is 5.57. The van der Waals surface area contributed by atoms with Crippen LogP contribution in [0, 0.1) is 0 Å². The predicted octanol–water partition coefficient (Wildman–Crippen LogP) is 4.82. The van der Waals surface area contributed by atoms with Crippen LogP contribution in [0.2, 0.25) is 0 Å². The lowest BCUT2D eigenvalue weighted by atomic mass is 10.0. The fraction of sp³-hybridized carbons (Fsp3) is 0.125. The van der Waals surface area contributed by atoms with E-state index in [-0.39, 0.29) is 0 Å². The standard InChI is InChI=1S/C16H16/c1-13(2)7-5-9-15-11-6-10-14-8-3-4-12-16(14)15/h3-12H,1-2H3/b9-5+. The summed E-state index contributed by atoms with van der Waals surface area (Å²) < 4.78 is 0. The van der Waals surface area contributed by atoms with Crippen LogP contribution in [0.25, 0.3) is 16.8 Å². The van der Waals surface area contributed by atoms with Crippen molar-refractivity contribution in [1.82, 2.24) is 0 Å². The molecular weight excluding hydrogens is 192 g/mol. The Morgan fingerprint density at radius 2 is 1.69 bits per heavy atom. The van der Waals surface area contributed by atoms with Crippen molar-refractivity contribution in [1.29, 1.82) is 0 Å². The quantitative estimate of drug-likeness (QED) is 0.621. The van der Waals surface area contributed by atoms with E-state index in [1.54, 1.807) is 0 Å². The van der Waals surface area contributed by atoms with E-state index in [1.807, 2.05) is 0 Å². The summed E-state index contributed by atoms with van der Waals surface area (Å²) in [4.78, 5) is 0. The molecule has 0 heterocycles. The highest BCUT2D eigenvalue weighted by atomic mass is 14.0. The van der Waals surface area contributed by atoms with Crippen molar-refractivity contribution < 1.29 is 0 Å². The van der Waals surface area contributed by atoms with E-state index >= 15 is 0 Å². The molecule has 0 spiro atoms. The van der Waals surface area contributed by atoms with Gasteiger partial charge in [-0.25, -0.2) is 0 Å². The van der Waals surface area contributed by atoms with Gasteiger partial charge in [-0.15, -0.1) is 0 Å². The second-order valence-electron chi connectivity index (χ2n) is 4.17. The molecule has 2 aromatic rings. The maximum atomic E-state index is 2.16. The topological polar surface area (TPSA) is 0 Å². The van der Waals surface area contributed by atoms with Gasteiger partial charge in [0.05, 0.1) is 0 Å². The molecule has 0 aliphatic rings. The molecule has 0 atom stereocenters. The summed E-state index contributed by atoms with van der Waals surface area (Å²) in [5.41, 5.74) is 2.59. The zero-order valence-electron chi connectivity index (χ0n) is 9.77. The molecule has 2 rings (SSSR count). The Balaban J connectivity index is 2.45. The van der Waals surface area contributed by atoms with E-state index in [4.69, 9.17) is 0 Å². The van der Waals surface area contributed by atoms with Gasteiger partial charge in [-0.3, -0.25) is 0 Å². The fourth-order valence-electron chi connectivity index (χ4n) is 1.74. The highest BCUT2D eigenvalue weighted by molar-refractivity contribution is 5.90. The minimum Gasteiger partial charge on any atom is -0.0764 e. The van der Waals surface area contributed by atoms with E-state index in [1.165, 1.54) is 21.9 Å². The van der Waals surface area contributed by atoms with Crippen molar-refractivity contribution in [3.8, 4) is 0 Å². The predicted molar refractivity (Wildman–Crippen MR) is 72.4 cm³/mol. The van der Waals surface area contributed by atoms with E-state index < -0.39 is 0 Å². The normalized spacial score (nSPS) is 10.9. The van der Waals surface area contributed by atoms with Gasteiger partial charge in [0, 0.05) is 0 Å². The van der Waals surface area contributed by atoms with Crippen LogP contribution in [-0.4, -0.2) is 0 Å². The largest absolute Gasteiger partial charge is 0.0764 e. The van der Waals surface area contributed by atoms with Crippen molar-refractivity contribution in [2.75, 3.05) is 0 Å². The Kier molecular flexibility index (Phi) is 3.21. The second kappa shape index (κ2) is 4.80. The maximum Gasteiger partial charge on any atom is -0.0111 e. The van der Waals surface area contributed by atoms with E-state index in [2.05, 4.69) is 74.5 Å². The van der Waals surface area contributed by atoms with Gasteiger partial charge in [-0.1, -0.05) is 66.3 Å². The molecule has 80 valence electrons. The van der Waals surface area contributed by atoms with Gasteiger partial charge >= 0.3 is 0 Å². The lowest BCUT2D eigenvalue weighted by Gasteiger charge is -2.00. The van der Waals surface area contributed by atoms with Gasteiger partial charge in [-0.05, 0) is 30.2 Å². The third-order valence-electron chi connectivity index (χ3n) is 2.53. The zero-order chi connectivity index (χ0) is 11.4. The molecule has 0 saturated heterocycles. The molecular formula is C16H16. The third-order valence-corrected chi connectivity index (χ3v) is 2.53. The lowest BCUT2D eigenvalue weighted by molar-refractivity contribution is 1.40. The van der Waals surface area contributed by atoms with Crippen LogP contribution in [0.1, 0.15) is 19.4 Å². The molecule has 0 amide bonds. The van der Waals surface area contributed by atoms with Gasteiger partial charge in [0.1, 0.15) is 0 Å². The number of allylic oxidation sites excluding steroid dienone is 3. The van der Waals surface area contributed by atoms with E-state index in [0.29, 0.717) is 0 Å². The average Bonchev–Trinajstić information content (AvgIpc) is 2.29. The summed E-state index contributed by atoms with van der Waals surface area (Å²) in [6.45, 7) is 4.21. The molecule has 2 aromatic carbocycles. The summed E-state index contributed by atoms with van der Waals surface area (Å²) in [6.07, 6.45) is 6.40. The minimum absolute atomic E-state index is 1.27. The maximum absolute atomic E-state index is 2.16. The average molecular weight is 208 g/mol. The SMILES string of the molecule is CC(C)=C/C=C/c1cccc2ccccc12. The first-order chi connectivity index (χ1) is 7.77. The van der Waals surface area contributed by atoms with Gasteiger partial charge in [-0.2, -0.15) is 0 Å². The van der Waals surface area contributed by atoms with Gasteiger partial charge in [0.15, 0.2) is 0 Å². The van der Waals surface area contributed by atoms with Crippen molar-refractivity contribution in [3.05, 3.63) is 65.8 Å². The molecule has 0 fully saturated rings. The van der Waals surface area contributed by atoms with Crippen LogP contribution in [0.3, 0.4) is 0 Å². The number of rotatable bonds is 2. The molecule has 0 saturated carbocycles. The van der Waals surface area contributed by atoms with Crippen molar-refractivity contribution in [3.63, 3.8) is 0 Å². The Bertz CT molecular complexity index is 535. The van der Waals surface area contributed by atoms with E-state index in [9.17, 15) is 0 Å². The summed E-state index contributed by atoms with van der Waals surface area (Å²) in [7, 11) is 0. The number of hydrogen-bond acceptors (Lipinski definition) is 0. The first-order valence-electron chi connectivity index (χ1n) is 5.57. The van der Waals surface area contributed by atoms with Crippen molar-refractivity contribution >= 4 is 16.8 Å². The molecule has 0 aliphatic carbocycles. The first kappa shape index (κ1) is 10.7. The molecule has 0 nitrogen and oxygen atoms in total. The van der Waals surface area contributed by atoms with Crippen LogP contribution in [0.4, 0.5) is 0 Å². The Morgan fingerprint density at radius 3 is 2.50 bits per heavy atom. The number of fused-ring (bicyclic) bond motifs is 1. The summed E-state index contributed by atoms with van der Waals surface area (Å²) in [6, 6.07) is 14.9. The van der Waals surface area contributed by atoms with Crippen molar-refractivity contribution in [2.45, 2.75) is 13.8 Å². The highest BCUT2D eigenvalue weighted by Crippen LogP contribution is 2.19. The highest BCUT2D eigenvalue weighted by Gasteiger charge is 1.94. The Morgan fingerprint density at radius 1 is 0.938 bits per heavy atom. The van der Waals surface area contributed by atoms with E-state index in [0.717, 1.165) is 0 Å². The van der Waals surface area contributed by atoms with Crippen LogP contribution < -0.4 is 0 Å². The van der Waals surface area contributed by atoms with Crippen LogP contribution >= 0.6 is 0 Å². The molecule has 0 heteroatoms. The summed E-state index contributed by atoms with van der Waals surface area (Å²) >= 11 is 0. The lowest BCUT2D eigenvalue weighted by Crippen LogP contribution is -1.76. The second-order valence-corrected chi connectivity index (χ2v) is 4.17. The fourth-order valence-corrected chi connectivity index (χ4v) is 1.74. The molecule has 0 aliphatic heterocycles. The molecule has 0 unspecified atom stereocenters. The number of hydrogen-bond donors (Lipinski definition) is 0. The van der Waals surface area contributed by atoms with Crippen molar-refractivity contribution in [2.24, 2.45) is 0 Å². The number of benzene rings is 2. The molecule has 0 bridgehead atoms. The summed E-state index contributed by atoms with van der Waals surface area (Å²) in [5.74, 6) is 0. The zero-order valence-corrected chi connectivity index (χ0v) is 9.77. The minimum atomic E-state index is 1.27. The molecule has 0 radical (unpaired) electrons. The Labute approximate surface area is 96.9 Å². The Hall–Kier alpha value is -1.82. The van der Waals surface area contributed by atoms with Gasteiger partial charge in [0.2, 0.25) is 0 Å². The molecule has 0 N–H and O–H groups in total. The van der Waals surface area contributed by atoms with Gasteiger partial charge < -0.3 is 0 Å². The smallest absolute Gasteiger partial charge is 0.0111 e. The third kappa shape index (κ3) is 2.40. The van der Waals surface area contributed by atoms with Crippen LogP contribution in [-0.2, 0) is 0 Å². The van der Waals surface area contributed by atoms with Gasteiger partial charge in [0.25, 0.3) is 0 Å². The summed E-state index contributed by atoms with van der Waals surface area (Å²) in [5, 5.41) is 2.60. The monoisotopic (exact) mass is 208 g/mol. The van der Waals surface area contributed by atoms with Crippen LogP contribution in [0.5, 0.6) is 0 Å². The molecule has 0 aromatic heterocycles. The van der Waals surface area contributed by atoms with Crippen LogP contribution in [0.15, 0.2) is 60.2 Å². The molecule has 16 heavy (non-hydrogen) atoms.